The number of benzene rings is 4. The molecule has 0 saturated carbocycles. The van der Waals surface area contributed by atoms with Crippen LogP contribution in [0.2, 0.25) is 0 Å². The lowest BCUT2D eigenvalue weighted by Crippen LogP contribution is -2.47. The van der Waals surface area contributed by atoms with Crippen LogP contribution in [0.5, 0.6) is 0 Å². The second-order valence-corrected chi connectivity index (χ2v) is 20.2. The lowest BCUT2D eigenvalue weighted by Gasteiger charge is -2.31. The summed E-state index contributed by atoms with van der Waals surface area (Å²) >= 11 is 0. The lowest BCUT2D eigenvalue weighted by molar-refractivity contribution is -0.147. The molecule has 3 atom stereocenters. The molecule has 0 bridgehead atoms. The van der Waals surface area contributed by atoms with Gasteiger partial charge in [-0.15, -0.1) is 0 Å². The van der Waals surface area contributed by atoms with E-state index in [1.54, 1.807) is 20.8 Å². The van der Waals surface area contributed by atoms with Gasteiger partial charge in [-0.2, -0.15) is 0 Å². The predicted octanol–water partition coefficient (Wildman–Crippen LogP) is 7.13. The summed E-state index contributed by atoms with van der Waals surface area (Å²) in [5.41, 5.74) is 2.75. The van der Waals surface area contributed by atoms with E-state index in [0.29, 0.717) is 0 Å². The summed E-state index contributed by atoms with van der Waals surface area (Å²) in [6.07, 6.45) is -0.195. The van der Waals surface area contributed by atoms with E-state index in [2.05, 4.69) is 16.0 Å². The fourth-order valence-electron chi connectivity index (χ4n) is 7.96. The van der Waals surface area contributed by atoms with Gasteiger partial charge >= 0.3 is 30.0 Å². The highest BCUT2D eigenvalue weighted by molar-refractivity contribution is 5.77. The fourth-order valence-corrected chi connectivity index (χ4v) is 7.96. The van der Waals surface area contributed by atoms with Gasteiger partial charge in [0.25, 0.3) is 0 Å². The minimum absolute atomic E-state index is 0.0658. The number of rotatable bonds is 35. The molecule has 4 aromatic rings. The Morgan fingerprint density at radius 2 is 0.628 bits per heavy atom. The molecule has 0 saturated heterocycles. The number of hydrogen-bond acceptors (Lipinski definition) is 15. The molecule has 0 spiro atoms. The van der Waals surface area contributed by atoms with Crippen molar-refractivity contribution in [2.45, 2.75) is 130 Å². The molecular weight excluding hydrogens is 997 g/mol. The molecule has 0 fully saturated rings. The molecule has 78 heavy (non-hydrogen) atoms. The maximum Gasteiger partial charge on any atom is 0.407 e. The molecule has 424 valence electrons. The van der Waals surface area contributed by atoms with Crippen molar-refractivity contribution in [3.8, 4) is 0 Å². The minimum Gasteiger partial charge on any atom is -0.461 e. The zero-order chi connectivity index (χ0) is 56.5. The minimum atomic E-state index is -0.711. The van der Waals surface area contributed by atoms with E-state index in [4.69, 9.17) is 23.7 Å². The van der Waals surface area contributed by atoms with E-state index in [1.165, 1.54) is 0 Å². The SMILES string of the molecule is CC(CNC(=O)CCN(CCC(=O)NCC(C)N(CCC(=O)OCc1ccccc1)CCC(=O)OCc1ccccc1)C(C)CNC(=O)OC(C)(C)C)N(CCC(=O)OCc1ccccc1)CCC(=O)OCc1ccccc1. The average Bonchev–Trinajstić information content (AvgIpc) is 3.43. The molecule has 4 aromatic carbocycles. The Bertz CT molecular complexity index is 2140. The van der Waals surface area contributed by atoms with Crippen molar-refractivity contribution in [3.05, 3.63) is 144 Å². The predicted molar refractivity (Wildman–Crippen MR) is 296 cm³/mol. The molecule has 0 radical (unpaired) electrons. The molecule has 0 heterocycles. The summed E-state index contributed by atoms with van der Waals surface area (Å²) in [6.45, 7) is 13.8. The van der Waals surface area contributed by atoms with E-state index in [0.717, 1.165) is 22.3 Å². The summed E-state index contributed by atoms with van der Waals surface area (Å²) in [7, 11) is 0. The number of carbonyl (C=O) groups is 7. The van der Waals surface area contributed by atoms with Crippen LogP contribution < -0.4 is 16.0 Å². The molecule has 3 N–H and O–H groups in total. The molecule has 3 amide bonds. The Labute approximate surface area is 460 Å². The van der Waals surface area contributed by atoms with Gasteiger partial charge in [0.1, 0.15) is 32.0 Å². The van der Waals surface area contributed by atoms with Crippen LogP contribution in [0.1, 0.15) is 102 Å². The third-order valence-corrected chi connectivity index (χ3v) is 12.6. The summed E-state index contributed by atoms with van der Waals surface area (Å²) in [6, 6.07) is 36.6. The van der Waals surface area contributed by atoms with Gasteiger partial charge in [-0.05, 0) is 63.8 Å². The number of amides is 3. The number of nitrogens with zero attached hydrogens (tertiary/aromatic N) is 3. The Morgan fingerprint density at radius 1 is 0.385 bits per heavy atom. The molecule has 3 unspecified atom stereocenters. The van der Waals surface area contributed by atoms with Crippen molar-refractivity contribution < 1.29 is 57.2 Å². The van der Waals surface area contributed by atoms with Crippen molar-refractivity contribution in [2.75, 3.05) is 58.9 Å². The Balaban J connectivity index is 1.33. The van der Waals surface area contributed by atoms with Crippen LogP contribution in [0.4, 0.5) is 4.79 Å². The fraction of sp³-hybridized carbons (Fsp3) is 0.483. The molecular formula is C60H82N6O12. The van der Waals surface area contributed by atoms with Crippen molar-refractivity contribution in [2.24, 2.45) is 0 Å². The van der Waals surface area contributed by atoms with E-state index in [-0.39, 0.29) is 154 Å². The Kier molecular flexibility index (Phi) is 28.7. The highest BCUT2D eigenvalue weighted by atomic mass is 16.6. The van der Waals surface area contributed by atoms with Crippen LogP contribution in [0.25, 0.3) is 0 Å². The van der Waals surface area contributed by atoms with Gasteiger partial charge < -0.3 is 39.6 Å². The molecule has 0 aromatic heterocycles. The topological polar surface area (TPSA) is 211 Å². The smallest absolute Gasteiger partial charge is 0.407 e. The first kappa shape index (κ1) is 63.4. The molecule has 18 nitrogen and oxygen atoms in total. The first-order valence-corrected chi connectivity index (χ1v) is 26.9. The molecule has 0 aliphatic carbocycles. The first-order chi connectivity index (χ1) is 37.4. The van der Waals surface area contributed by atoms with Crippen LogP contribution in [0, 0.1) is 0 Å². The number of hydrogen-bond donors (Lipinski definition) is 3. The number of ether oxygens (including phenoxy) is 5. The van der Waals surface area contributed by atoms with Crippen LogP contribution in [0.3, 0.4) is 0 Å². The molecule has 0 aliphatic rings. The van der Waals surface area contributed by atoms with Crippen LogP contribution >= 0.6 is 0 Å². The van der Waals surface area contributed by atoms with Gasteiger partial charge in [0.2, 0.25) is 11.8 Å². The summed E-state index contributed by atoms with van der Waals surface area (Å²) in [5, 5.41) is 8.80. The lowest BCUT2D eigenvalue weighted by atomic mass is 10.2. The van der Waals surface area contributed by atoms with E-state index in [9.17, 15) is 33.6 Å². The maximum atomic E-state index is 13.5. The zero-order valence-corrected chi connectivity index (χ0v) is 46.5. The highest BCUT2D eigenvalue weighted by Crippen LogP contribution is 2.12. The number of esters is 4. The number of carbonyl (C=O) groups excluding carboxylic acids is 7. The van der Waals surface area contributed by atoms with Gasteiger partial charge in [0, 0.05) is 89.9 Å². The van der Waals surface area contributed by atoms with Gasteiger partial charge in [-0.1, -0.05) is 121 Å². The van der Waals surface area contributed by atoms with E-state index in [1.807, 2.05) is 157 Å². The molecule has 0 aliphatic heterocycles. The highest BCUT2D eigenvalue weighted by Gasteiger charge is 2.24. The summed E-state index contributed by atoms with van der Waals surface area (Å²) in [4.78, 5) is 96.9. The van der Waals surface area contributed by atoms with Crippen LogP contribution in [-0.2, 0) is 78.9 Å². The second kappa shape index (κ2) is 35.3. The van der Waals surface area contributed by atoms with Gasteiger partial charge in [0.05, 0.1) is 25.7 Å². The van der Waals surface area contributed by atoms with Gasteiger partial charge in [-0.25, -0.2) is 4.79 Å². The van der Waals surface area contributed by atoms with Crippen molar-refractivity contribution in [1.29, 1.82) is 0 Å². The largest absolute Gasteiger partial charge is 0.461 e. The standard InChI is InChI=1S/C60H82N6O12/c1-46(65(35-29-55(69)74-42-49-19-11-7-12-20-49)36-30-56(70)75-43-50-21-13-8-14-22-50)39-61-53(67)27-33-64(48(3)41-63-59(73)78-60(4,5)6)34-28-54(68)62-40-47(2)66(37-31-57(71)76-44-51-23-15-9-16-24-51)38-32-58(72)77-45-52-25-17-10-18-26-52/h7-26,46-48H,27-45H2,1-6H3,(H,61,67)(H,62,68)(H,63,73). The van der Waals surface area contributed by atoms with Crippen molar-refractivity contribution >= 4 is 41.8 Å². The number of nitrogens with one attached hydrogen (secondary N) is 3. The molecule has 18 heteroatoms. The third-order valence-electron chi connectivity index (χ3n) is 12.6. The third kappa shape index (κ3) is 27.8. The van der Waals surface area contributed by atoms with Gasteiger partial charge in [-0.3, -0.25) is 43.5 Å². The second-order valence-electron chi connectivity index (χ2n) is 20.2. The summed E-state index contributed by atoms with van der Waals surface area (Å²) < 4.78 is 27.5. The quantitative estimate of drug-likeness (QED) is 0.0309. The van der Waals surface area contributed by atoms with Crippen molar-refractivity contribution in [3.63, 3.8) is 0 Å². The first-order valence-electron chi connectivity index (χ1n) is 26.9. The van der Waals surface area contributed by atoms with E-state index < -0.39 is 35.6 Å². The van der Waals surface area contributed by atoms with Crippen molar-refractivity contribution in [1.82, 2.24) is 30.7 Å². The number of alkyl carbamates (subject to hydrolysis) is 1. The van der Waals surface area contributed by atoms with Crippen LogP contribution in [0.15, 0.2) is 121 Å². The van der Waals surface area contributed by atoms with Crippen LogP contribution in [-0.4, -0.2) is 139 Å². The zero-order valence-electron chi connectivity index (χ0n) is 46.5. The normalized spacial score (nSPS) is 12.5. The maximum absolute atomic E-state index is 13.5. The summed E-state index contributed by atoms with van der Waals surface area (Å²) in [5.74, 6) is -2.08. The van der Waals surface area contributed by atoms with E-state index >= 15 is 0 Å². The Morgan fingerprint density at radius 3 is 0.885 bits per heavy atom. The Hall–Kier alpha value is -7.15. The molecule has 4 rings (SSSR count). The van der Waals surface area contributed by atoms with Gasteiger partial charge in [0.15, 0.2) is 0 Å². The average molecular weight is 1080 g/mol. The monoisotopic (exact) mass is 1080 g/mol.